The molecular weight excluding hydrogens is 644 g/mol. The molecule has 0 N–H and O–H groups in total. The molecule has 11 heteroatoms. The molecule has 0 amide bonds. The quantitative estimate of drug-likeness (QED) is 0.205. The van der Waals surface area contributed by atoms with Gasteiger partial charge in [-0.25, -0.2) is 9.79 Å². The molecule has 42 heavy (non-hydrogen) atoms. The second-order valence-corrected chi connectivity index (χ2v) is 12.0. The number of thiazole rings is 1. The number of carbonyl (C=O) groups excluding carboxylic acids is 1. The van der Waals surface area contributed by atoms with Gasteiger partial charge in [-0.3, -0.25) is 9.36 Å². The van der Waals surface area contributed by atoms with Crippen molar-refractivity contribution in [2.45, 2.75) is 39.8 Å². The molecule has 0 spiro atoms. The lowest BCUT2D eigenvalue weighted by Gasteiger charge is -2.25. The van der Waals surface area contributed by atoms with E-state index in [2.05, 4.69) is 20.9 Å². The number of ether oxygens (including phenoxy) is 3. The predicted molar refractivity (Wildman–Crippen MR) is 166 cm³/mol. The Kier molecular flexibility index (Phi) is 8.77. The van der Waals surface area contributed by atoms with Gasteiger partial charge in [-0.2, -0.15) is 0 Å². The van der Waals surface area contributed by atoms with Gasteiger partial charge in [0.05, 0.1) is 46.7 Å². The summed E-state index contributed by atoms with van der Waals surface area (Å²) in [6, 6.07) is 13.7. The van der Waals surface area contributed by atoms with Gasteiger partial charge in [0.15, 0.2) is 16.3 Å². The first-order chi connectivity index (χ1) is 20.1. The summed E-state index contributed by atoms with van der Waals surface area (Å²) in [4.78, 5) is 32.3. The third kappa shape index (κ3) is 5.84. The van der Waals surface area contributed by atoms with Gasteiger partial charge in [-0.1, -0.05) is 35.1 Å². The van der Waals surface area contributed by atoms with Crippen molar-refractivity contribution in [1.29, 1.82) is 0 Å². The molecular formula is C31H28BrClN2O6S. The summed E-state index contributed by atoms with van der Waals surface area (Å²) >= 11 is 10.9. The number of furan rings is 1. The molecule has 4 aromatic rings. The maximum atomic E-state index is 13.9. The standard InChI is InChI=1S/C31H28BrClN2O6S/c1-6-39-30(37)27-17(4)34-31-35(28(27)19-8-11-24(40-16(2)3)25(14-19)38-5)29(36)26(42-31)15-20-9-12-23(41-20)18-7-10-21(32)22(33)13-18/h7-16,28H,6H2,1-5H3/b26-15-/t28-/m1/s1. The predicted octanol–water partition coefficient (Wildman–Crippen LogP) is 6.27. The fourth-order valence-corrected chi connectivity index (χ4v) is 6.13. The van der Waals surface area contributed by atoms with Gasteiger partial charge in [-0.05, 0) is 85.6 Å². The maximum Gasteiger partial charge on any atom is 0.338 e. The van der Waals surface area contributed by atoms with Crippen LogP contribution in [0.1, 0.15) is 45.1 Å². The molecule has 3 heterocycles. The van der Waals surface area contributed by atoms with Crippen LogP contribution in [0.5, 0.6) is 11.5 Å². The summed E-state index contributed by atoms with van der Waals surface area (Å²) in [5.74, 6) is 1.60. The number of hydrogen-bond acceptors (Lipinski definition) is 8. The second kappa shape index (κ2) is 12.3. The normalized spacial score (nSPS) is 15.0. The number of methoxy groups -OCH3 is 1. The average Bonchev–Trinajstić information content (AvgIpc) is 3.53. The van der Waals surface area contributed by atoms with Crippen molar-refractivity contribution >= 4 is 50.9 Å². The first-order valence-corrected chi connectivity index (χ1v) is 15.2. The number of esters is 1. The van der Waals surface area contributed by atoms with Crippen molar-refractivity contribution in [2.24, 2.45) is 4.99 Å². The number of benzene rings is 2. The van der Waals surface area contributed by atoms with E-state index in [0.717, 1.165) is 10.0 Å². The minimum atomic E-state index is -0.790. The van der Waals surface area contributed by atoms with E-state index in [9.17, 15) is 9.59 Å². The van der Waals surface area contributed by atoms with Gasteiger partial charge in [0.2, 0.25) is 0 Å². The van der Waals surface area contributed by atoms with E-state index < -0.39 is 12.0 Å². The number of halogens is 2. The highest BCUT2D eigenvalue weighted by molar-refractivity contribution is 9.10. The molecule has 0 bridgehead atoms. The van der Waals surface area contributed by atoms with E-state index in [0.29, 0.717) is 48.6 Å². The molecule has 218 valence electrons. The third-order valence-electron chi connectivity index (χ3n) is 6.49. The number of carbonyl (C=O) groups is 1. The Morgan fingerprint density at radius 3 is 2.67 bits per heavy atom. The van der Waals surface area contributed by atoms with E-state index in [1.165, 1.54) is 15.9 Å². The van der Waals surface area contributed by atoms with Crippen molar-refractivity contribution in [3.8, 4) is 22.8 Å². The average molecular weight is 672 g/mol. The molecule has 0 saturated carbocycles. The first-order valence-electron chi connectivity index (χ1n) is 13.2. The smallest absolute Gasteiger partial charge is 0.338 e. The molecule has 1 aliphatic heterocycles. The van der Waals surface area contributed by atoms with Crippen molar-refractivity contribution < 1.29 is 23.4 Å². The van der Waals surface area contributed by atoms with Gasteiger partial charge in [0.1, 0.15) is 11.5 Å². The second-order valence-electron chi connectivity index (χ2n) is 9.71. The zero-order valence-electron chi connectivity index (χ0n) is 23.6. The zero-order chi connectivity index (χ0) is 30.1. The molecule has 1 atom stereocenters. The fourth-order valence-electron chi connectivity index (χ4n) is 4.68. The number of fused-ring (bicyclic) bond motifs is 1. The van der Waals surface area contributed by atoms with Gasteiger partial charge in [0, 0.05) is 16.1 Å². The van der Waals surface area contributed by atoms with Crippen molar-refractivity contribution in [3.63, 3.8) is 0 Å². The molecule has 1 aliphatic rings. The van der Waals surface area contributed by atoms with Gasteiger partial charge in [-0.15, -0.1) is 0 Å². The minimum Gasteiger partial charge on any atom is -0.493 e. The Labute approximate surface area is 259 Å². The highest BCUT2D eigenvalue weighted by atomic mass is 79.9. The Balaban J connectivity index is 1.64. The van der Waals surface area contributed by atoms with Crippen LogP contribution >= 0.6 is 38.9 Å². The van der Waals surface area contributed by atoms with Crippen LogP contribution in [0.15, 0.2) is 78.5 Å². The molecule has 5 rings (SSSR count). The summed E-state index contributed by atoms with van der Waals surface area (Å²) < 4.78 is 25.6. The SMILES string of the molecule is CCOC(=O)C1=C(C)N=c2s/c(=C\c3ccc(-c4ccc(Br)c(Cl)c4)o3)c(=O)n2[C@@H]1c1ccc(OC(C)C)c(OC)c1. The highest BCUT2D eigenvalue weighted by Gasteiger charge is 2.34. The summed E-state index contributed by atoms with van der Waals surface area (Å²) in [7, 11) is 1.55. The third-order valence-corrected chi connectivity index (χ3v) is 8.70. The summed E-state index contributed by atoms with van der Waals surface area (Å²) in [5.41, 5.74) is 1.89. The fraction of sp³-hybridized carbons (Fsp3) is 0.258. The molecule has 0 saturated heterocycles. The van der Waals surface area contributed by atoms with Crippen LogP contribution in [0.3, 0.4) is 0 Å². The van der Waals surface area contributed by atoms with Gasteiger partial charge < -0.3 is 18.6 Å². The molecule has 0 fully saturated rings. The zero-order valence-corrected chi connectivity index (χ0v) is 26.7. The van der Waals surface area contributed by atoms with Crippen LogP contribution in [0.25, 0.3) is 17.4 Å². The van der Waals surface area contributed by atoms with Gasteiger partial charge >= 0.3 is 5.97 Å². The Bertz CT molecular complexity index is 1890. The van der Waals surface area contributed by atoms with Crippen LogP contribution in [-0.2, 0) is 9.53 Å². The topological polar surface area (TPSA) is 92.3 Å². The lowest BCUT2D eigenvalue weighted by atomic mass is 9.95. The summed E-state index contributed by atoms with van der Waals surface area (Å²) in [5, 5.41) is 0.562. The molecule has 2 aromatic heterocycles. The monoisotopic (exact) mass is 670 g/mol. The molecule has 0 unspecified atom stereocenters. The van der Waals surface area contributed by atoms with E-state index >= 15 is 0 Å². The maximum absolute atomic E-state index is 13.9. The number of rotatable bonds is 8. The van der Waals surface area contributed by atoms with Crippen LogP contribution < -0.4 is 24.4 Å². The summed E-state index contributed by atoms with van der Waals surface area (Å²) in [6.07, 6.45) is 1.61. The number of nitrogens with zero attached hydrogens (tertiary/aromatic N) is 2. The number of aromatic nitrogens is 1. The molecule has 0 radical (unpaired) electrons. The lowest BCUT2D eigenvalue weighted by molar-refractivity contribution is -0.139. The van der Waals surface area contributed by atoms with Crippen molar-refractivity contribution in [3.05, 3.63) is 100 Å². The van der Waals surface area contributed by atoms with Gasteiger partial charge in [0.25, 0.3) is 5.56 Å². The van der Waals surface area contributed by atoms with E-state index in [1.54, 1.807) is 51.3 Å². The first kappa shape index (κ1) is 29.9. The highest BCUT2D eigenvalue weighted by Crippen LogP contribution is 2.36. The Morgan fingerprint density at radius 1 is 1.19 bits per heavy atom. The van der Waals surface area contributed by atoms with E-state index in [1.807, 2.05) is 38.1 Å². The van der Waals surface area contributed by atoms with E-state index in [-0.39, 0.29) is 23.8 Å². The van der Waals surface area contributed by atoms with Crippen LogP contribution in [0.2, 0.25) is 5.02 Å². The molecule has 8 nitrogen and oxygen atoms in total. The van der Waals surface area contributed by atoms with Crippen molar-refractivity contribution in [2.75, 3.05) is 13.7 Å². The molecule has 0 aliphatic carbocycles. The van der Waals surface area contributed by atoms with Crippen LogP contribution in [0, 0.1) is 0 Å². The number of allylic oxidation sites excluding steroid dienone is 1. The van der Waals surface area contributed by atoms with E-state index in [4.69, 9.17) is 30.2 Å². The Hall–Kier alpha value is -3.60. The summed E-state index contributed by atoms with van der Waals surface area (Å²) in [6.45, 7) is 7.50. The van der Waals surface area contributed by atoms with Crippen LogP contribution in [0.4, 0.5) is 0 Å². The number of hydrogen-bond donors (Lipinski definition) is 0. The Morgan fingerprint density at radius 2 is 1.98 bits per heavy atom. The molecule has 2 aromatic carbocycles. The van der Waals surface area contributed by atoms with Crippen molar-refractivity contribution in [1.82, 2.24) is 4.57 Å². The largest absolute Gasteiger partial charge is 0.493 e. The minimum absolute atomic E-state index is 0.0671. The van der Waals surface area contributed by atoms with Crippen LogP contribution in [-0.4, -0.2) is 30.4 Å². The lowest BCUT2D eigenvalue weighted by Crippen LogP contribution is -2.40.